The number of benzene rings is 2. The molecule has 0 aliphatic heterocycles. The fraction of sp³-hybridized carbons (Fsp3) is 0.457. The third-order valence-corrected chi connectivity index (χ3v) is 6.80. The second kappa shape index (κ2) is 20.1. The summed E-state index contributed by atoms with van der Waals surface area (Å²) in [6, 6.07) is 13.0. The first kappa shape index (κ1) is 35.3. The molecule has 234 valence electrons. The second-order valence-corrected chi connectivity index (χ2v) is 10.5. The number of hydrogen-bond donors (Lipinski definition) is 1. The Bertz CT molecular complexity index is 1140. The summed E-state index contributed by atoms with van der Waals surface area (Å²) in [6.45, 7) is 11.3. The van der Waals surface area contributed by atoms with Gasteiger partial charge in [-0.3, -0.25) is 4.79 Å². The fourth-order valence-electron chi connectivity index (χ4n) is 4.34. The Labute approximate surface area is 255 Å². The van der Waals surface area contributed by atoms with E-state index in [1.165, 1.54) is 19.3 Å². The number of aliphatic hydroxyl groups excluding tert-OH is 1. The van der Waals surface area contributed by atoms with Crippen molar-refractivity contribution in [3.63, 3.8) is 0 Å². The molecule has 0 amide bonds. The molecule has 0 fully saturated rings. The number of unbranched alkanes of at least 4 members (excludes halogenated alkanes) is 6. The van der Waals surface area contributed by atoms with E-state index in [0.717, 1.165) is 38.2 Å². The average Bonchev–Trinajstić information content (AvgIpc) is 3.01. The van der Waals surface area contributed by atoms with E-state index in [1.807, 2.05) is 6.92 Å². The van der Waals surface area contributed by atoms with Gasteiger partial charge in [0.05, 0.1) is 11.7 Å². The van der Waals surface area contributed by atoms with Crippen LogP contribution in [0.2, 0.25) is 0 Å². The van der Waals surface area contributed by atoms with Gasteiger partial charge in [0, 0.05) is 18.9 Å². The minimum atomic E-state index is -0.874. The largest absolute Gasteiger partial charge is 0.488 e. The average molecular weight is 595 g/mol. The minimum absolute atomic E-state index is 0.137. The van der Waals surface area contributed by atoms with Gasteiger partial charge in [-0.2, -0.15) is 0 Å². The van der Waals surface area contributed by atoms with E-state index >= 15 is 0 Å². The van der Waals surface area contributed by atoms with Crippen LogP contribution in [0.4, 0.5) is 0 Å². The van der Waals surface area contributed by atoms with Gasteiger partial charge in [0.1, 0.15) is 29.6 Å². The molecular formula is C35H46O8. The topological polar surface area (TPSA) is 108 Å². The van der Waals surface area contributed by atoms with Crippen molar-refractivity contribution < 1.29 is 38.4 Å². The van der Waals surface area contributed by atoms with Gasteiger partial charge in [-0.05, 0) is 73.4 Å². The number of carbonyl (C=O) groups excluding carboxylic acids is 3. The molecule has 43 heavy (non-hydrogen) atoms. The highest BCUT2D eigenvalue weighted by Gasteiger charge is 2.22. The zero-order valence-electron chi connectivity index (χ0n) is 25.5. The smallest absolute Gasteiger partial charge is 0.343 e. The Balaban J connectivity index is 1.97. The van der Waals surface area contributed by atoms with E-state index in [0.29, 0.717) is 47.5 Å². The molecule has 0 radical (unpaired) electrons. The molecule has 2 rings (SSSR count). The van der Waals surface area contributed by atoms with Crippen molar-refractivity contribution >= 4 is 18.2 Å². The van der Waals surface area contributed by atoms with Crippen LogP contribution in [0.25, 0.3) is 0 Å². The maximum atomic E-state index is 12.8. The van der Waals surface area contributed by atoms with Crippen LogP contribution in [-0.2, 0) is 14.3 Å². The van der Waals surface area contributed by atoms with E-state index in [2.05, 4.69) is 20.1 Å². The first-order valence-corrected chi connectivity index (χ1v) is 15.2. The number of carbonyl (C=O) groups is 3. The van der Waals surface area contributed by atoms with Crippen molar-refractivity contribution in [1.82, 2.24) is 0 Å². The number of aliphatic hydroxyl groups is 1. The molecule has 2 aromatic rings. The van der Waals surface area contributed by atoms with Crippen LogP contribution in [0, 0.1) is 0 Å². The van der Waals surface area contributed by atoms with Crippen molar-refractivity contribution in [2.75, 3.05) is 0 Å². The van der Waals surface area contributed by atoms with Crippen molar-refractivity contribution in [3.05, 3.63) is 78.9 Å². The van der Waals surface area contributed by atoms with Crippen LogP contribution in [0.5, 0.6) is 17.2 Å². The third-order valence-electron chi connectivity index (χ3n) is 6.80. The van der Waals surface area contributed by atoms with Gasteiger partial charge in [-0.25, -0.2) is 9.59 Å². The molecule has 0 saturated heterocycles. The Kier molecular flexibility index (Phi) is 16.5. The zero-order valence-corrected chi connectivity index (χ0v) is 25.5. The predicted octanol–water partition coefficient (Wildman–Crippen LogP) is 7.53. The molecule has 0 aliphatic carbocycles. The van der Waals surface area contributed by atoms with E-state index < -0.39 is 30.4 Å². The molecule has 8 nitrogen and oxygen atoms in total. The lowest BCUT2D eigenvalue weighted by atomic mass is 9.99. The van der Waals surface area contributed by atoms with Crippen molar-refractivity contribution in [1.29, 1.82) is 0 Å². The first-order valence-electron chi connectivity index (χ1n) is 15.2. The maximum Gasteiger partial charge on any atom is 0.343 e. The van der Waals surface area contributed by atoms with Gasteiger partial charge >= 0.3 is 11.9 Å². The van der Waals surface area contributed by atoms with Gasteiger partial charge in [-0.15, -0.1) is 0 Å². The van der Waals surface area contributed by atoms with Crippen LogP contribution in [0.15, 0.2) is 73.3 Å². The number of esters is 2. The second-order valence-electron chi connectivity index (χ2n) is 10.5. The van der Waals surface area contributed by atoms with Gasteiger partial charge in [0.15, 0.2) is 0 Å². The summed E-state index contributed by atoms with van der Waals surface area (Å²) in [4.78, 5) is 35.4. The molecular weight excluding hydrogens is 548 g/mol. The summed E-state index contributed by atoms with van der Waals surface area (Å²) in [5.41, 5.74) is 0.639. The SMILES string of the molecule is C=CC(=O)OC(CCCC)Oc1ccc(OC(=O)c2ccc(OC(CCCCCCCC)C(O)CC(=C)C=O)cc2)cc1. The van der Waals surface area contributed by atoms with Crippen LogP contribution < -0.4 is 14.2 Å². The molecule has 0 saturated carbocycles. The van der Waals surface area contributed by atoms with Crippen molar-refractivity contribution in [2.24, 2.45) is 0 Å². The summed E-state index contributed by atoms with van der Waals surface area (Å²) < 4.78 is 22.6. The lowest BCUT2D eigenvalue weighted by Crippen LogP contribution is -2.32. The molecule has 0 bridgehead atoms. The van der Waals surface area contributed by atoms with E-state index in [-0.39, 0.29) is 6.42 Å². The molecule has 3 atom stereocenters. The Hall–Kier alpha value is -3.91. The standard InChI is InChI=1S/C35H46O8/c1-5-8-10-11-12-13-14-32(31(37)24-26(4)25-36)40-28-18-16-27(17-19-28)35(39)42-30-22-20-29(21-23-30)41-34(15-9-6-2)43-33(38)7-3/h7,16-23,25,31-32,34,37H,3-6,8-15,24H2,1-2H3. The Morgan fingerprint density at radius 1 is 0.814 bits per heavy atom. The quantitative estimate of drug-likeness (QED) is 0.0372. The van der Waals surface area contributed by atoms with E-state index in [1.54, 1.807) is 48.5 Å². The molecule has 0 aliphatic rings. The number of aldehydes is 1. The molecule has 3 unspecified atom stereocenters. The molecule has 2 aromatic carbocycles. The predicted molar refractivity (Wildman–Crippen MR) is 166 cm³/mol. The highest BCUT2D eigenvalue weighted by atomic mass is 16.7. The number of hydrogen-bond acceptors (Lipinski definition) is 8. The highest BCUT2D eigenvalue weighted by molar-refractivity contribution is 5.91. The summed E-state index contributed by atoms with van der Waals surface area (Å²) >= 11 is 0. The molecule has 8 heteroatoms. The van der Waals surface area contributed by atoms with Crippen molar-refractivity contribution in [2.45, 2.75) is 103 Å². The Morgan fingerprint density at radius 2 is 1.40 bits per heavy atom. The normalized spacial score (nSPS) is 12.8. The van der Waals surface area contributed by atoms with Crippen LogP contribution in [-0.4, -0.2) is 41.8 Å². The van der Waals surface area contributed by atoms with Gasteiger partial charge in [0.25, 0.3) is 0 Å². The summed E-state index contributed by atoms with van der Waals surface area (Å²) in [7, 11) is 0. The monoisotopic (exact) mass is 594 g/mol. The number of rotatable bonds is 22. The minimum Gasteiger partial charge on any atom is -0.488 e. The van der Waals surface area contributed by atoms with Gasteiger partial charge < -0.3 is 24.1 Å². The molecule has 0 aromatic heterocycles. The van der Waals surface area contributed by atoms with Crippen LogP contribution in [0.3, 0.4) is 0 Å². The molecule has 0 spiro atoms. The van der Waals surface area contributed by atoms with Gasteiger partial charge in [0.2, 0.25) is 6.29 Å². The molecule has 1 N–H and O–H groups in total. The highest BCUT2D eigenvalue weighted by Crippen LogP contribution is 2.24. The maximum absolute atomic E-state index is 12.8. The third kappa shape index (κ3) is 13.7. The van der Waals surface area contributed by atoms with Gasteiger partial charge in [-0.1, -0.05) is 65.5 Å². The first-order chi connectivity index (χ1) is 20.8. The van der Waals surface area contributed by atoms with E-state index in [4.69, 9.17) is 18.9 Å². The summed E-state index contributed by atoms with van der Waals surface area (Å²) in [6.07, 6.45) is 9.33. The van der Waals surface area contributed by atoms with Crippen LogP contribution >= 0.6 is 0 Å². The summed E-state index contributed by atoms with van der Waals surface area (Å²) in [5.74, 6) is 0.181. The lowest BCUT2D eigenvalue weighted by molar-refractivity contribution is -0.158. The molecule has 0 heterocycles. The van der Waals surface area contributed by atoms with E-state index in [9.17, 15) is 19.5 Å². The number of ether oxygens (including phenoxy) is 4. The Morgan fingerprint density at radius 3 is 2.02 bits per heavy atom. The fourth-order valence-corrected chi connectivity index (χ4v) is 4.34. The van der Waals surface area contributed by atoms with Crippen molar-refractivity contribution in [3.8, 4) is 17.2 Å². The zero-order chi connectivity index (χ0) is 31.5. The lowest BCUT2D eigenvalue weighted by Gasteiger charge is -2.24. The van der Waals surface area contributed by atoms with Crippen LogP contribution in [0.1, 0.15) is 94.8 Å². The summed E-state index contributed by atoms with van der Waals surface area (Å²) in [5, 5.41) is 10.7.